The first-order chi connectivity index (χ1) is 11.5. The molecule has 2 aromatic carbocycles. The zero-order valence-electron chi connectivity index (χ0n) is 12.0. The highest BCUT2D eigenvalue weighted by atomic mass is 35.5. The van der Waals surface area contributed by atoms with Gasteiger partial charge >= 0.3 is 0 Å². The molecular formula is C17H9Cl2FN2O2. The Labute approximate surface area is 146 Å². The molecular weight excluding hydrogens is 354 g/mol. The van der Waals surface area contributed by atoms with Gasteiger partial charge in [0.05, 0.1) is 11.4 Å². The third-order valence-corrected chi connectivity index (χ3v) is 3.77. The summed E-state index contributed by atoms with van der Waals surface area (Å²) in [6.07, 6.45) is 0. The number of benzene rings is 2. The van der Waals surface area contributed by atoms with Crippen molar-refractivity contribution in [2.75, 3.05) is 0 Å². The van der Waals surface area contributed by atoms with Gasteiger partial charge in [-0.25, -0.2) is 4.39 Å². The molecule has 0 saturated carbocycles. The summed E-state index contributed by atoms with van der Waals surface area (Å²) in [5.74, 6) is -0.531. The Morgan fingerprint density at radius 1 is 1.08 bits per heavy atom. The Bertz CT molecular complexity index is 985. The first-order valence-corrected chi connectivity index (χ1v) is 7.57. The molecule has 0 fully saturated rings. The molecule has 3 aromatic rings. The van der Waals surface area contributed by atoms with Crippen molar-refractivity contribution >= 4 is 28.4 Å². The zero-order chi connectivity index (χ0) is 17.3. The third-order valence-electron chi connectivity index (χ3n) is 3.32. The highest BCUT2D eigenvalue weighted by Gasteiger charge is 2.16. The van der Waals surface area contributed by atoms with E-state index in [0.29, 0.717) is 16.3 Å². The van der Waals surface area contributed by atoms with Crippen LogP contribution in [-0.4, -0.2) is 15.0 Å². The molecule has 0 saturated heterocycles. The van der Waals surface area contributed by atoms with Crippen molar-refractivity contribution in [3.63, 3.8) is 0 Å². The lowest BCUT2D eigenvalue weighted by Gasteiger charge is -2.09. The molecule has 0 aliphatic rings. The van der Waals surface area contributed by atoms with Crippen molar-refractivity contribution in [3.05, 3.63) is 81.4 Å². The van der Waals surface area contributed by atoms with E-state index < -0.39 is 16.6 Å². The number of carbonyl (C=O) groups excluding carboxylic acids is 1. The van der Waals surface area contributed by atoms with Gasteiger partial charge in [0.1, 0.15) is 11.4 Å². The fourth-order valence-corrected chi connectivity index (χ4v) is 2.44. The first kappa shape index (κ1) is 16.4. The minimum Gasteiger partial charge on any atom is -0.275 e. The van der Waals surface area contributed by atoms with Gasteiger partial charge in [0.25, 0.3) is 10.8 Å². The Hall–Kier alpha value is -2.50. The molecule has 120 valence electrons. The van der Waals surface area contributed by atoms with E-state index in [4.69, 9.17) is 23.2 Å². The van der Waals surface area contributed by atoms with Crippen molar-refractivity contribution in [3.8, 4) is 16.9 Å². The molecule has 3 rings (SSSR count). The van der Waals surface area contributed by atoms with Gasteiger partial charge in [-0.2, -0.15) is 9.78 Å². The lowest BCUT2D eigenvalue weighted by molar-refractivity contribution is 0.107. The second-order valence-corrected chi connectivity index (χ2v) is 5.70. The summed E-state index contributed by atoms with van der Waals surface area (Å²) in [6, 6.07) is 13.3. The van der Waals surface area contributed by atoms with Crippen molar-refractivity contribution in [2.24, 2.45) is 0 Å². The Morgan fingerprint density at radius 3 is 2.42 bits per heavy atom. The highest BCUT2D eigenvalue weighted by Crippen LogP contribution is 2.21. The van der Waals surface area contributed by atoms with E-state index in [1.54, 1.807) is 24.3 Å². The van der Waals surface area contributed by atoms with Crippen molar-refractivity contribution in [1.82, 2.24) is 9.78 Å². The summed E-state index contributed by atoms with van der Waals surface area (Å²) >= 11 is 11.4. The zero-order valence-corrected chi connectivity index (χ0v) is 13.6. The number of nitrogens with zero attached hydrogens (tertiary/aromatic N) is 2. The van der Waals surface area contributed by atoms with Crippen molar-refractivity contribution in [1.29, 1.82) is 0 Å². The summed E-state index contributed by atoms with van der Waals surface area (Å²) in [7, 11) is 0. The molecule has 7 heteroatoms. The molecule has 0 aliphatic carbocycles. The number of hydrogen-bond donors (Lipinski definition) is 0. The van der Waals surface area contributed by atoms with E-state index in [9.17, 15) is 14.0 Å². The number of aromatic nitrogens is 2. The standard InChI is InChI=1S/C17H9Cl2FN2O2/c18-11-6-4-10(5-7-11)15-9-14(16(19)23)17(24)22(21-15)13-3-1-2-12(20)8-13/h1-9H. The molecule has 24 heavy (non-hydrogen) atoms. The summed E-state index contributed by atoms with van der Waals surface area (Å²) in [5.41, 5.74) is 0.178. The van der Waals surface area contributed by atoms with Crippen LogP contribution in [0.2, 0.25) is 5.02 Å². The smallest absolute Gasteiger partial charge is 0.275 e. The van der Waals surface area contributed by atoms with Crippen LogP contribution >= 0.6 is 23.2 Å². The van der Waals surface area contributed by atoms with Crippen LogP contribution in [0.4, 0.5) is 4.39 Å². The average molecular weight is 363 g/mol. The Kier molecular flexibility index (Phi) is 4.46. The van der Waals surface area contributed by atoms with Crippen LogP contribution in [0.1, 0.15) is 10.4 Å². The van der Waals surface area contributed by atoms with Crippen LogP contribution < -0.4 is 5.56 Å². The molecule has 0 bridgehead atoms. The number of carbonyl (C=O) groups is 1. The van der Waals surface area contributed by atoms with Crippen LogP contribution in [0.25, 0.3) is 16.9 Å². The van der Waals surface area contributed by atoms with Crippen LogP contribution in [-0.2, 0) is 0 Å². The molecule has 0 spiro atoms. The lowest BCUT2D eigenvalue weighted by Crippen LogP contribution is -2.26. The molecule has 0 radical (unpaired) electrons. The molecule has 1 heterocycles. The van der Waals surface area contributed by atoms with Crippen LogP contribution in [0, 0.1) is 5.82 Å². The molecule has 1 aromatic heterocycles. The van der Waals surface area contributed by atoms with E-state index in [1.807, 2.05) is 0 Å². The maximum atomic E-state index is 13.5. The molecule has 0 aliphatic heterocycles. The SMILES string of the molecule is O=C(Cl)c1cc(-c2ccc(Cl)cc2)nn(-c2cccc(F)c2)c1=O. The van der Waals surface area contributed by atoms with Crippen LogP contribution in [0.5, 0.6) is 0 Å². The summed E-state index contributed by atoms with van der Waals surface area (Å²) in [5, 5.41) is 3.83. The minimum atomic E-state index is -0.914. The number of halogens is 3. The molecule has 0 unspecified atom stereocenters. The van der Waals surface area contributed by atoms with Crippen LogP contribution in [0.15, 0.2) is 59.4 Å². The second-order valence-electron chi connectivity index (χ2n) is 4.92. The first-order valence-electron chi connectivity index (χ1n) is 6.82. The van der Waals surface area contributed by atoms with Gasteiger partial charge in [-0.1, -0.05) is 29.8 Å². The fourth-order valence-electron chi connectivity index (χ4n) is 2.18. The Morgan fingerprint density at radius 2 is 1.79 bits per heavy atom. The summed E-state index contributed by atoms with van der Waals surface area (Å²) in [6.45, 7) is 0. The topological polar surface area (TPSA) is 52.0 Å². The predicted octanol–water partition coefficient (Wildman–Crippen LogP) is 4.07. The third kappa shape index (κ3) is 3.22. The van der Waals surface area contributed by atoms with E-state index in [2.05, 4.69) is 5.10 Å². The van der Waals surface area contributed by atoms with Gasteiger partial charge in [-0.15, -0.1) is 0 Å². The summed E-state index contributed by atoms with van der Waals surface area (Å²) < 4.78 is 14.4. The normalized spacial score (nSPS) is 10.6. The molecule has 4 nitrogen and oxygen atoms in total. The maximum absolute atomic E-state index is 13.5. The highest BCUT2D eigenvalue weighted by molar-refractivity contribution is 6.67. The second kappa shape index (κ2) is 6.55. The lowest BCUT2D eigenvalue weighted by atomic mass is 10.1. The number of rotatable bonds is 3. The van der Waals surface area contributed by atoms with Crippen LogP contribution in [0.3, 0.4) is 0 Å². The molecule has 0 N–H and O–H groups in total. The fraction of sp³-hybridized carbons (Fsp3) is 0. The molecule has 0 amide bonds. The number of hydrogen-bond acceptors (Lipinski definition) is 3. The van der Waals surface area contributed by atoms with Crippen molar-refractivity contribution in [2.45, 2.75) is 0 Å². The van der Waals surface area contributed by atoms with Gasteiger partial charge < -0.3 is 0 Å². The Balaban J connectivity index is 2.27. The quantitative estimate of drug-likeness (QED) is 0.659. The van der Waals surface area contributed by atoms with Gasteiger partial charge in [0, 0.05) is 10.6 Å². The average Bonchev–Trinajstić information content (AvgIpc) is 2.55. The van der Waals surface area contributed by atoms with Crippen molar-refractivity contribution < 1.29 is 9.18 Å². The van der Waals surface area contributed by atoms with E-state index in [-0.39, 0.29) is 11.3 Å². The van der Waals surface area contributed by atoms with E-state index in [1.165, 1.54) is 24.3 Å². The van der Waals surface area contributed by atoms with E-state index >= 15 is 0 Å². The van der Waals surface area contributed by atoms with Gasteiger partial charge in [0.15, 0.2) is 0 Å². The largest absolute Gasteiger partial charge is 0.283 e. The molecule has 0 atom stereocenters. The summed E-state index contributed by atoms with van der Waals surface area (Å²) in [4.78, 5) is 24.0. The van der Waals surface area contributed by atoms with Gasteiger partial charge in [-0.3, -0.25) is 9.59 Å². The van der Waals surface area contributed by atoms with E-state index in [0.717, 1.165) is 10.7 Å². The predicted molar refractivity (Wildman–Crippen MR) is 90.4 cm³/mol. The van der Waals surface area contributed by atoms with Gasteiger partial charge in [0.2, 0.25) is 0 Å². The van der Waals surface area contributed by atoms with Gasteiger partial charge in [-0.05, 0) is 48.0 Å². The minimum absolute atomic E-state index is 0.190. The maximum Gasteiger partial charge on any atom is 0.283 e. The monoisotopic (exact) mass is 362 g/mol.